The number of benzene rings is 3. The molecule has 3 N–H and O–H groups in total. The highest BCUT2D eigenvalue weighted by Crippen LogP contribution is 2.37. The molecule has 3 aromatic carbocycles. The van der Waals surface area contributed by atoms with E-state index in [-0.39, 0.29) is 26.9 Å². The zero-order valence-electron chi connectivity index (χ0n) is 15.6. The first-order valence-corrected chi connectivity index (χ1v) is 11.3. The van der Waals surface area contributed by atoms with Gasteiger partial charge in [-0.15, -0.1) is 5.11 Å². The zero-order chi connectivity index (χ0) is 22.1. The van der Waals surface area contributed by atoms with E-state index in [4.69, 9.17) is 0 Å². The van der Waals surface area contributed by atoms with Crippen molar-refractivity contribution in [3.63, 3.8) is 0 Å². The highest BCUT2D eigenvalue weighted by atomic mass is 32.2. The monoisotopic (exact) mass is 447 g/mol. The molecule has 0 aromatic heterocycles. The van der Waals surface area contributed by atoms with E-state index in [1.54, 1.807) is 0 Å². The van der Waals surface area contributed by atoms with E-state index in [1.807, 2.05) is 0 Å². The van der Waals surface area contributed by atoms with Gasteiger partial charge in [0, 0.05) is 11.1 Å². The van der Waals surface area contributed by atoms with Crippen molar-refractivity contribution in [2.45, 2.75) is 16.7 Å². The number of allylic oxidation sites excluding steroid dienone is 1. The number of aromatic hydroxyl groups is 1. The van der Waals surface area contributed by atoms with E-state index in [1.165, 1.54) is 61.5 Å². The fraction of sp³-hybridized carbons (Fsp3) is 0.0526. The molecule has 0 atom stereocenters. The minimum atomic E-state index is -4.37. The van der Waals surface area contributed by atoms with Crippen molar-refractivity contribution >= 4 is 42.3 Å². The van der Waals surface area contributed by atoms with Crippen LogP contribution in [0.5, 0.6) is 5.75 Å². The minimum Gasteiger partial charge on any atom is -0.506 e. The lowest BCUT2D eigenvalue weighted by molar-refractivity contribution is 0.477. The van der Waals surface area contributed by atoms with Crippen molar-refractivity contribution in [2.24, 2.45) is 10.2 Å². The second-order valence-electron chi connectivity index (χ2n) is 6.37. The minimum absolute atomic E-state index is 0.0233. The van der Waals surface area contributed by atoms with Crippen LogP contribution in [0.1, 0.15) is 6.92 Å². The van der Waals surface area contributed by atoms with E-state index in [2.05, 4.69) is 21.5 Å². The summed E-state index contributed by atoms with van der Waals surface area (Å²) in [5, 5.41) is 19.0. The summed E-state index contributed by atoms with van der Waals surface area (Å²) in [5.74, 6) is -0.185. The second-order valence-corrected chi connectivity index (χ2v) is 9.47. The van der Waals surface area contributed by atoms with Gasteiger partial charge in [0.1, 0.15) is 11.4 Å². The van der Waals surface area contributed by atoms with Crippen molar-refractivity contribution in [2.75, 3.05) is 0 Å². The summed E-state index contributed by atoms with van der Waals surface area (Å²) >= 11 is 0. The predicted octanol–water partition coefficient (Wildman–Crippen LogP) is 4.02. The Kier molecular flexibility index (Phi) is 5.61. The smallest absolute Gasteiger partial charge is 0.294 e. The molecule has 0 spiro atoms. The molecular formula is C19H17N3O6S2. The zero-order valence-corrected chi connectivity index (χ0v) is 17.3. The number of phenols is 1. The predicted molar refractivity (Wildman–Crippen MR) is 111 cm³/mol. The molecule has 3 aromatic rings. The van der Waals surface area contributed by atoms with E-state index in [9.17, 15) is 26.5 Å². The summed E-state index contributed by atoms with van der Waals surface area (Å²) < 4.78 is 58.3. The molecule has 0 heterocycles. The highest BCUT2D eigenvalue weighted by molar-refractivity contribution is 7.89. The number of hydrogen-bond donors (Lipinski definition) is 3. The lowest BCUT2D eigenvalue weighted by atomic mass is 10.1. The molecule has 0 aliphatic rings. The van der Waals surface area contributed by atoms with Gasteiger partial charge in [0.05, 0.1) is 15.5 Å². The number of nitrogens with zero attached hydrogens (tertiary/aromatic N) is 2. The molecule has 0 bridgehead atoms. The fourth-order valence-corrected chi connectivity index (χ4v) is 4.22. The molecule has 0 aliphatic carbocycles. The van der Waals surface area contributed by atoms with Gasteiger partial charge in [-0.2, -0.15) is 13.5 Å². The van der Waals surface area contributed by atoms with Gasteiger partial charge < -0.3 is 5.11 Å². The van der Waals surface area contributed by atoms with Crippen LogP contribution in [0.25, 0.3) is 10.8 Å². The Labute approximate surface area is 173 Å². The number of nitrogens with one attached hydrogen (secondary N) is 1. The van der Waals surface area contributed by atoms with Crippen molar-refractivity contribution in [3.05, 3.63) is 66.9 Å². The number of azo groups is 1. The van der Waals surface area contributed by atoms with Gasteiger partial charge >= 0.3 is 0 Å². The average Bonchev–Trinajstić information content (AvgIpc) is 2.65. The third kappa shape index (κ3) is 4.64. The van der Waals surface area contributed by atoms with Crippen molar-refractivity contribution in [1.29, 1.82) is 0 Å². The Morgan fingerprint density at radius 3 is 2.17 bits per heavy atom. The molecule has 0 amide bonds. The summed E-state index contributed by atoms with van der Waals surface area (Å²) in [6.45, 7) is 5.03. The van der Waals surface area contributed by atoms with Crippen LogP contribution in [0.2, 0.25) is 0 Å². The SMILES string of the molecule is C=C(C)NS(=O)(=O)c1ccc(N=Nc2c(O)ccc3cc(S(=O)(=O)O)ccc23)cc1. The van der Waals surface area contributed by atoms with Crippen molar-refractivity contribution in [1.82, 2.24) is 4.72 Å². The molecular weight excluding hydrogens is 430 g/mol. The maximum atomic E-state index is 12.1. The summed E-state index contributed by atoms with van der Waals surface area (Å²) in [6, 6.07) is 12.2. The summed E-state index contributed by atoms with van der Waals surface area (Å²) in [4.78, 5) is -0.265. The molecule has 11 heteroatoms. The van der Waals surface area contributed by atoms with E-state index in [0.717, 1.165) is 0 Å². The normalized spacial score (nSPS) is 12.3. The van der Waals surface area contributed by atoms with Crippen LogP contribution in [0.3, 0.4) is 0 Å². The van der Waals surface area contributed by atoms with Gasteiger partial charge in [0.25, 0.3) is 20.1 Å². The molecule has 0 saturated heterocycles. The molecule has 30 heavy (non-hydrogen) atoms. The Hall–Kier alpha value is -3.28. The molecule has 0 saturated carbocycles. The van der Waals surface area contributed by atoms with E-state index >= 15 is 0 Å². The third-order valence-corrected chi connectivity index (χ3v) is 6.32. The Morgan fingerprint density at radius 1 is 0.933 bits per heavy atom. The van der Waals surface area contributed by atoms with Gasteiger partial charge in [-0.05, 0) is 54.8 Å². The van der Waals surface area contributed by atoms with Gasteiger partial charge in [-0.1, -0.05) is 18.7 Å². The fourth-order valence-electron chi connectivity index (χ4n) is 2.63. The van der Waals surface area contributed by atoms with Crippen LogP contribution in [0.4, 0.5) is 11.4 Å². The van der Waals surface area contributed by atoms with Crippen molar-refractivity contribution < 1.29 is 26.5 Å². The van der Waals surface area contributed by atoms with E-state index < -0.39 is 20.1 Å². The molecule has 0 unspecified atom stereocenters. The number of rotatable bonds is 6. The average molecular weight is 447 g/mol. The van der Waals surface area contributed by atoms with Crippen LogP contribution >= 0.6 is 0 Å². The lowest BCUT2D eigenvalue weighted by Gasteiger charge is -2.07. The number of sulfonamides is 1. The van der Waals surface area contributed by atoms with Gasteiger partial charge in [-0.25, -0.2) is 8.42 Å². The van der Waals surface area contributed by atoms with Crippen LogP contribution in [0, 0.1) is 0 Å². The quantitative estimate of drug-likeness (QED) is 0.384. The topological polar surface area (TPSA) is 145 Å². The van der Waals surface area contributed by atoms with Crippen molar-refractivity contribution in [3.8, 4) is 5.75 Å². The number of fused-ring (bicyclic) bond motifs is 1. The lowest BCUT2D eigenvalue weighted by Crippen LogP contribution is -2.21. The maximum Gasteiger partial charge on any atom is 0.294 e. The molecule has 3 rings (SSSR count). The standard InChI is InChI=1S/C19H17N3O6S2/c1-12(2)22-29(24,25)15-6-4-14(5-7-15)20-21-19-17-9-8-16(30(26,27)28)11-13(17)3-10-18(19)23/h3-11,22-23H,1H2,2H3,(H,26,27,28). The van der Waals surface area contributed by atoms with Crippen LogP contribution in [-0.2, 0) is 20.1 Å². The molecule has 0 aliphatic heterocycles. The summed E-state index contributed by atoms with van der Waals surface area (Å²) in [7, 11) is -8.10. The summed E-state index contributed by atoms with van der Waals surface area (Å²) in [6.07, 6.45) is 0. The second kappa shape index (κ2) is 7.86. The van der Waals surface area contributed by atoms with Gasteiger partial charge in [-0.3, -0.25) is 9.27 Å². The molecule has 156 valence electrons. The largest absolute Gasteiger partial charge is 0.506 e. The van der Waals surface area contributed by atoms with Crippen LogP contribution in [-0.4, -0.2) is 26.5 Å². The molecule has 9 nitrogen and oxygen atoms in total. The first-order valence-electron chi connectivity index (χ1n) is 8.41. The Balaban J connectivity index is 1.96. The third-order valence-electron chi connectivity index (χ3n) is 3.96. The summed E-state index contributed by atoms with van der Waals surface area (Å²) in [5.41, 5.74) is 0.701. The van der Waals surface area contributed by atoms with E-state index in [0.29, 0.717) is 16.5 Å². The molecule has 0 fully saturated rings. The Morgan fingerprint density at radius 2 is 1.57 bits per heavy atom. The molecule has 0 radical (unpaired) electrons. The highest BCUT2D eigenvalue weighted by Gasteiger charge is 2.14. The maximum absolute atomic E-state index is 12.1. The number of hydrogen-bond acceptors (Lipinski definition) is 7. The number of phenolic OH excluding ortho intramolecular Hbond substituents is 1. The van der Waals surface area contributed by atoms with Crippen LogP contribution in [0.15, 0.2) is 86.9 Å². The first kappa shape index (κ1) is 21.4. The van der Waals surface area contributed by atoms with Crippen LogP contribution < -0.4 is 4.72 Å². The first-order chi connectivity index (χ1) is 14.0. The van der Waals surface area contributed by atoms with Gasteiger partial charge in [0.2, 0.25) is 0 Å². The Bertz CT molecular complexity index is 1380. The van der Waals surface area contributed by atoms with Gasteiger partial charge in [0.15, 0.2) is 0 Å².